The van der Waals surface area contributed by atoms with E-state index in [1.54, 1.807) is 0 Å². The highest BCUT2D eigenvalue weighted by Crippen LogP contribution is 2.03. The molecule has 0 saturated carbocycles. The van der Waals surface area contributed by atoms with Crippen LogP contribution in [0.15, 0.2) is 17.1 Å². The van der Waals surface area contributed by atoms with E-state index in [1.165, 1.54) is 12.3 Å². The average molecular weight is 215 g/mol. The second-order valence-electron chi connectivity index (χ2n) is 3.19. The molecule has 0 aliphatic rings. The molecule has 1 heterocycles. The Morgan fingerprint density at radius 2 is 2.21 bits per heavy atom. The lowest BCUT2D eigenvalue weighted by Gasteiger charge is -2.07. The van der Waals surface area contributed by atoms with Gasteiger partial charge < -0.3 is 10.3 Å². The first-order valence-corrected chi connectivity index (χ1v) is 4.57. The SMILES string of the molecule is CC(C)NC(=O)c1c[nH]c(=O)c(Cl)c1. The Bertz CT molecular complexity index is 398. The zero-order valence-corrected chi connectivity index (χ0v) is 8.68. The molecule has 0 fully saturated rings. The third-order valence-electron chi connectivity index (χ3n) is 1.54. The van der Waals surface area contributed by atoms with Crippen LogP contribution >= 0.6 is 11.6 Å². The van der Waals surface area contributed by atoms with Gasteiger partial charge in [0.1, 0.15) is 5.02 Å². The van der Waals surface area contributed by atoms with Crippen molar-refractivity contribution in [3.05, 3.63) is 33.2 Å². The normalized spacial score (nSPS) is 10.3. The summed E-state index contributed by atoms with van der Waals surface area (Å²) in [5.41, 5.74) is -0.0453. The zero-order chi connectivity index (χ0) is 10.7. The predicted molar refractivity (Wildman–Crippen MR) is 54.7 cm³/mol. The standard InChI is InChI=1S/C9H11ClN2O2/c1-5(2)12-8(13)6-3-7(10)9(14)11-4-6/h3-5H,1-2H3,(H,11,14)(H,12,13). The zero-order valence-electron chi connectivity index (χ0n) is 7.93. The van der Waals surface area contributed by atoms with Gasteiger partial charge in [-0.2, -0.15) is 0 Å². The molecule has 0 spiro atoms. The molecule has 0 saturated heterocycles. The number of rotatable bonds is 2. The van der Waals surface area contributed by atoms with Gasteiger partial charge in [0.2, 0.25) is 0 Å². The van der Waals surface area contributed by atoms with Crippen molar-refractivity contribution in [1.29, 1.82) is 0 Å². The molecule has 0 aliphatic heterocycles. The number of hydrogen-bond donors (Lipinski definition) is 2. The van der Waals surface area contributed by atoms with Crippen molar-refractivity contribution in [3.8, 4) is 0 Å². The lowest BCUT2D eigenvalue weighted by atomic mass is 10.2. The molecular weight excluding hydrogens is 204 g/mol. The van der Waals surface area contributed by atoms with Gasteiger partial charge in [-0.3, -0.25) is 9.59 Å². The van der Waals surface area contributed by atoms with Crippen LogP contribution in [0.4, 0.5) is 0 Å². The van der Waals surface area contributed by atoms with E-state index in [4.69, 9.17) is 11.6 Å². The molecule has 76 valence electrons. The number of carbonyl (C=O) groups excluding carboxylic acids is 1. The number of pyridine rings is 1. The van der Waals surface area contributed by atoms with Crippen LogP contribution in [0, 0.1) is 0 Å². The molecule has 1 aromatic rings. The van der Waals surface area contributed by atoms with E-state index in [0.717, 1.165) is 0 Å². The molecule has 1 aromatic heterocycles. The van der Waals surface area contributed by atoms with Crippen molar-refractivity contribution in [3.63, 3.8) is 0 Å². The van der Waals surface area contributed by atoms with Crippen LogP contribution in [0.3, 0.4) is 0 Å². The van der Waals surface area contributed by atoms with Crippen LogP contribution in [-0.2, 0) is 0 Å². The molecule has 0 radical (unpaired) electrons. The monoisotopic (exact) mass is 214 g/mol. The Morgan fingerprint density at radius 3 is 2.71 bits per heavy atom. The minimum Gasteiger partial charge on any atom is -0.350 e. The van der Waals surface area contributed by atoms with E-state index >= 15 is 0 Å². The fourth-order valence-corrected chi connectivity index (χ4v) is 1.10. The third kappa shape index (κ3) is 2.60. The van der Waals surface area contributed by atoms with E-state index in [1.807, 2.05) is 13.8 Å². The molecule has 2 N–H and O–H groups in total. The molecule has 14 heavy (non-hydrogen) atoms. The Labute approximate surface area is 86.3 Å². The van der Waals surface area contributed by atoms with E-state index in [-0.39, 0.29) is 17.0 Å². The number of amides is 1. The van der Waals surface area contributed by atoms with Crippen molar-refractivity contribution in [1.82, 2.24) is 10.3 Å². The topological polar surface area (TPSA) is 62.0 Å². The Hall–Kier alpha value is -1.29. The smallest absolute Gasteiger partial charge is 0.266 e. The van der Waals surface area contributed by atoms with Crippen LogP contribution in [0.2, 0.25) is 5.02 Å². The fraction of sp³-hybridized carbons (Fsp3) is 0.333. The maximum atomic E-state index is 11.4. The minimum absolute atomic E-state index is 0.0152. The molecule has 1 amide bonds. The molecule has 4 nitrogen and oxygen atoms in total. The highest BCUT2D eigenvalue weighted by Gasteiger charge is 2.08. The van der Waals surface area contributed by atoms with Crippen molar-refractivity contribution in [2.75, 3.05) is 0 Å². The Balaban J connectivity index is 2.92. The van der Waals surface area contributed by atoms with Gasteiger partial charge in [0.05, 0.1) is 5.56 Å². The predicted octanol–water partition coefficient (Wildman–Crippen LogP) is 1.17. The van der Waals surface area contributed by atoms with Crippen molar-refractivity contribution < 1.29 is 4.79 Å². The molecule has 5 heteroatoms. The summed E-state index contributed by atoms with van der Waals surface area (Å²) in [6.45, 7) is 3.70. The molecular formula is C9H11ClN2O2. The van der Waals surface area contributed by atoms with E-state index < -0.39 is 5.56 Å². The highest BCUT2D eigenvalue weighted by molar-refractivity contribution is 6.30. The molecule has 0 bridgehead atoms. The van der Waals surface area contributed by atoms with Crippen LogP contribution in [-0.4, -0.2) is 16.9 Å². The summed E-state index contributed by atoms with van der Waals surface area (Å²) in [6, 6.07) is 1.39. The largest absolute Gasteiger partial charge is 0.350 e. The van der Waals surface area contributed by atoms with Crippen LogP contribution in [0.5, 0.6) is 0 Å². The Kier molecular flexibility index (Phi) is 3.30. The van der Waals surface area contributed by atoms with Gasteiger partial charge in [0.15, 0.2) is 0 Å². The van der Waals surface area contributed by atoms with Gasteiger partial charge in [-0.25, -0.2) is 0 Å². The lowest BCUT2D eigenvalue weighted by molar-refractivity contribution is 0.0942. The van der Waals surface area contributed by atoms with Gasteiger partial charge in [-0.1, -0.05) is 11.6 Å². The number of carbonyl (C=O) groups is 1. The lowest BCUT2D eigenvalue weighted by Crippen LogP contribution is -2.30. The van der Waals surface area contributed by atoms with Gasteiger partial charge >= 0.3 is 0 Å². The van der Waals surface area contributed by atoms with Crippen LogP contribution < -0.4 is 10.9 Å². The third-order valence-corrected chi connectivity index (χ3v) is 1.82. The molecule has 0 unspecified atom stereocenters. The van der Waals surface area contributed by atoms with E-state index in [0.29, 0.717) is 5.56 Å². The summed E-state index contributed by atoms with van der Waals surface area (Å²) >= 11 is 5.57. The maximum Gasteiger partial charge on any atom is 0.266 e. The highest BCUT2D eigenvalue weighted by atomic mass is 35.5. The summed E-state index contributed by atoms with van der Waals surface area (Å²) in [7, 11) is 0. The minimum atomic E-state index is -0.396. The number of aromatic amines is 1. The van der Waals surface area contributed by atoms with Crippen molar-refractivity contribution in [2.24, 2.45) is 0 Å². The number of hydrogen-bond acceptors (Lipinski definition) is 2. The van der Waals surface area contributed by atoms with Crippen molar-refractivity contribution >= 4 is 17.5 Å². The summed E-state index contributed by atoms with van der Waals surface area (Å²) in [5, 5.41) is 2.70. The van der Waals surface area contributed by atoms with Crippen molar-refractivity contribution in [2.45, 2.75) is 19.9 Å². The average Bonchev–Trinajstić information content (AvgIpc) is 2.08. The van der Waals surface area contributed by atoms with Crippen LogP contribution in [0.25, 0.3) is 0 Å². The molecule has 0 atom stereocenters. The van der Waals surface area contributed by atoms with Gasteiger partial charge in [0, 0.05) is 12.2 Å². The maximum absolute atomic E-state index is 11.4. The van der Waals surface area contributed by atoms with E-state index in [2.05, 4.69) is 10.3 Å². The second kappa shape index (κ2) is 4.28. The quantitative estimate of drug-likeness (QED) is 0.776. The van der Waals surface area contributed by atoms with Crippen LogP contribution in [0.1, 0.15) is 24.2 Å². The number of aromatic nitrogens is 1. The van der Waals surface area contributed by atoms with Gasteiger partial charge in [-0.15, -0.1) is 0 Å². The first-order chi connectivity index (χ1) is 6.50. The summed E-state index contributed by atoms with van der Waals surface area (Å²) < 4.78 is 0. The first-order valence-electron chi connectivity index (χ1n) is 4.20. The van der Waals surface area contributed by atoms with E-state index in [9.17, 15) is 9.59 Å². The molecule has 1 rings (SSSR count). The van der Waals surface area contributed by atoms with Gasteiger partial charge in [0.25, 0.3) is 11.5 Å². The fourth-order valence-electron chi connectivity index (χ4n) is 0.933. The second-order valence-corrected chi connectivity index (χ2v) is 3.60. The summed E-state index contributed by atoms with van der Waals surface area (Å²) in [6.07, 6.45) is 1.34. The first kappa shape index (κ1) is 10.8. The summed E-state index contributed by atoms with van der Waals surface area (Å²) in [4.78, 5) is 24.7. The summed E-state index contributed by atoms with van der Waals surface area (Å²) in [5.74, 6) is -0.252. The molecule has 0 aliphatic carbocycles. The number of H-pyrrole nitrogens is 1. The number of nitrogens with one attached hydrogen (secondary N) is 2. The number of halogens is 1. The Morgan fingerprint density at radius 1 is 1.57 bits per heavy atom. The molecule has 0 aromatic carbocycles. The van der Waals surface area contributed by atoms with Gasteiger partial charge in [-0.05, 0) is 19.9 Å².